The SMILES string of the molecule is Cc1cc(N)c(Nc2ncnc3c2cnn3-c2ccccc2)cc1C. The minimum absolute atomic E-state index is 0.683. The summed E-state index contributed by atoms with van der Waals surface area (Å²) in [5.74, 6) is 0.683. The Morgan fingerprint density at radius 2 is 1.76 bits per heavy atom. The molecule has 0 bridgehead atoms. The number of aromatic nitrogens is 4. The Morgan fingerprint density at radius 1 is 1.00 bits per heavy atom. The lowest BCUT2D eigenvalue weighted by Crippen LogP contribution is -2.02. The molecule has 0 amide bonds. The van der Waals surface area contributed by atoms with Crippen molar-refractivity contribution in [2.24, 2.45) is 0 Å². The molecule has 124 valence electrons. The Labute approximate surface area is 145 Å². The lowest BCUT2D eigenvalue weighted by molar-refractivity contribution is 0.895. The number of hydrogen-bond donors (Lipinski definition) is 2. The normalized spacial score (nSPS) is 11.0. The van der Waals surface area contributed by atoms with Crippen molar-refractivity contribution in [2.45, 2.75) is 13.8 Å². The number of nitrogen functional groups attached to an aromatic ring is 1. The van der Waals surface area contributed by atoms with Gasteiger partial charge in [-0.1, -0.05) is 18.2 Å². The first kappa shape index (κ1) is 15.1. The number of hydrogen-bond acceptors (Lipinski definition) is 5. The summed E-state index contributed by atoms with van der Waals surface area (Å²) in [4.78, 5) is 8.76. The van der Waals surface area contributed by atoms with Crippen LogP contribution in [0.3, 0.4) is 0 Å². The minimum atomic E-state index is 0.683. The van der Waals surface area contributed by atoms with Crippen LogP contribution in [0.4, 0.5) is 17.2 Å². The van der Waals surface area contributed by atoms with Crippen molar-refractivity contribution < 1.29 is 0 Å². The molecule has 0 saturated heterocycles. The first-order valence-electron chi connectivity index (χ1n) is 8.01. The molecular formula is C19H18N6. The van der Waals surface area contributed by atoms with Crippen LogP contribution >= 0.6 is 0 Å². The molecule has 0 spiro atoms. The molecule has 4 aromatic rings. The fourth-order valence-electron chi connectivity index (χ4n) is 2.78. The van der Waals surface area contributed by atoms with Crippen molar-refractivity contribution in [1.29, 1.82) is 0 Å². The zero-order chi connectivity index (χ0) is 17.4. The van der Waals surface area contributed by atoms with E-state index in [9.17, 15) is 0 Å². The van der Waals surface area contributed by atoms with Gasteiger partial charge in [-0.25, -0.2) is 14.6 Å². The number of anilines is 3. The first-order chi connectivity index (χ1) is 12.1. The third kappa shape index (κ3) is 2.67. The largest absolute Gasteiger partial charge is 0.397 e. The minimum Gasteiger partial charge on any atom is -0.397 e. The van der Waals surface area contributed by atoms with E-state index >= 15 is 0 Å². The molecule has 0 aliphatic carbocycles. The van der Waals surface area contributed by atoms with Crippen LogP contribution in [-0.4, -0.2) is 19.7 Å². The molecule has 4 rings (SSSR count). The summed E-state index contributed by atoms with van der Waals surface area (Å²) in [5.41, 5.74) is 11.7. The number of aryl methyl sites for hydroxylation is 2. The van der Waals surface area contributed by atoms with Gasteiger partial charge >= 0.3 is 0 Å². The van der Waals surface area contributed by atoms with Gasteiger partial charge in [0.05, 0.1) is 28.6 Å². The average Bonchev–Trinajstić information content (AvgIpc) is 3.05. The number of nitrogens with one attached hydrogen (secondary N) is 1. The number of nitrogens with two attached hydrogens (primary N) is 1. The highest BCUT2D eigenvalue weighted by Gasteiger charge is 2.12. The van der Waals surface area contributed by atoms with E-state index in [-0.39, 0.29) is 0 Å². The highest BCUT2D eigenvalue weighted by molar-refractivity contribution is 5.90. The Hall–Kier alpha value is -3.41. The van der Waals surface area contributed by atoms with Gasteiger partial charge in [-0.05, 0) is 49.2 Å². The van der Waals surface area contributed by atoms with Crippen LogP contribution in [0.15, 0.2) is 55.0 Å². The van der Waals surface area contributed by atoms with Gasteiger partial charge in [-0.2, -0.15) is 5.10 Å². The molecule has 0 aliphatic heterocycles. The molecular weight excluding hydrogens is 312 g/mol. The predicted molar refractivity (Wildman–Crippen MR) is 100 cm³/mol. The van der Waals surface area contributed by atoms with E-state index in [4.69, 9.17) is 5.73 Å². The van der Waals surface area contributed by atoms with Crippen LogP contribution in [0.2, 0.25) is 0 Å². The maximum atomic E-state index is 6.15. The molecule has 0 radical (unpaired) electrons. The Balaban J connectivity index is 1.79. The van der Waals surface area contributed by atoms with Crippen molar-refractivity contribution >= 4 is 28.2 Å². The van der Waals surface area contributed by atoms with E-state index in [1.165, 1.54) is 11.9 Å². The van der Waals surface area contributed by atoms with Gasteiger partial charge in [0.15, 0.2) is 5.65 Å². The Bertz CT molecular complexity index is 1050. The summed E-state index contributed by atoms with van der Waals surface area (Å²) >= 11 is 0. The van der Waals surface area contributed by atoms with E-state index in [1.807, 2.05) is 49.4 Å². The van der Waals surface area contributed by atoms with Crippen LogP contribution in [0, 0.1) is 13.8 Å². The Kier molecular flexibility index (Phi) is 3.57. The van der Waals surface area contributed by atoms with Crippen LogP contribution in [-0.2, 0) is 0 Å². The zero-order valence-corrected chi connectivity index (χ0v) is 14.1. The molecule has 25 heavy (non-hydrogen) atoms. The van der Waals surface area contributed by atoms with Gasteiger partial charge in [0.25, 0.3) is 0 Å². The molecule has 3 N–H and O–H groups in total. The predicted octanol–water partition coefficient (Wildman–Crippen LogP) is 3.76. The lowest BCUT2D eigenvalue weighted by Gasteiger charge is -2.12. The number of para-hydroxylation sites is 1. The molecule has 6 nitrogen and oxygen atoms in total. The quantitative estimate of drug-likeness (QED) is 0.559. The van der Waals surface area contributed by atoms with Crippen LogP contribution in [0.1, 0.15) is 11.1 Å². The summed E-state index contributed by atoms with van der Waals surface area (Å²) in [5, 5.41) is 8.62. The van der Waals surface area contributed by atoms with E-state index in [0.29, 0.717) is 11.5 Å². The molecule has 0 aliphatic rings. The lowest BCUT2D eigenvalue weighted by atomic mass is 10.1. The maximum Gasteiger partial charge on any atom is 0.168 e. The molecule has 6 heteroatoms. The van der Waals surface area contributed by atoms with Crippen molar-refractivity contribution in [3.63, 3.8) is 0 Å². The standard InChI is InChI=1S/C19H18N6/c1-12-8-16(20)17(9-13(12)2)24-18-15-10-23-25(19(15)22-11-21-18)14-6-4-3-5-7-14/h3-11H,20H2,1-2H3,(H,21,22,24). The number of nitrogens with zero attached hydrogens (tertiary/aromatic N) is 4. The summed E-state index contributed by atoms with van der Waals surface area (Å²) in [6, 6.07) is 13.9. The number of fused-ring (bicyclic) bond motifs is 1. The average molecular weight is 330 g/mol. The van der Waals surface area contributed by atoms with Gasteiger partial charge in [0.1, 0.15) is 12.1 Å². The molecule has 2 aromatic heterocycles. The van der Waals surface area contributed by atoms with Gasteiger partial charge in [-0.15, -0.1) is 0 Å². The topological polar surface area (TPSA) is 81.7 Å². The fourth-order valence-corrected chi connectivity index (χ4v) is 2.78. The second-order valence-electron chi connectivity index (χ2n) is 6.00. The third-order valence-corrected chi connectivity index (χ3v) is 4.29. The molecule has 0 fully saturated rings. The summed E-state index contributed by atoms with van der Waals surface area (Å²) in [6.07, 6.45) is 3.30. The molecule has 0 saturated carbocycles. The summed E-state index contributed by atoms with van der Waals surface area (Å²) in [6.45, 7) is 4.10. The summed E-state index contributed by atoms with van der Waals surface area (Å²) in [7, 11) is 0. The van der Waals surface area contributed by atoms with Gasteiger partial charge in [-0.3, -0.25) is 0 Å². The van der Waals surface area contributed by atoms with Gasteiger partial charge in [0, 0.05) is 0 Å². The number of rotatable bonds is 3. The van der Waals surface area contributed by atoms with Crippen LogP contribution in [0.5, 0.6) is 0 Å². The van der Waals surface area contributed by atoms with Crippen molar-refractivity contribution in [3.8, 4) is 5.69 Å². The van der Waals surface area contributed by atoms with Crippen molar-refractivity contribution in [3.05, 3.63) is 66.1 Å². The Morgan fingerprint density at radius 3 is 2.56 bits per heavy atom. The highest BCUT2D eigenvalue weighted by Crippen LogP contribution is 2.29. The third-order valence-electron chi connectivity index (χ3n) is 4.29. The van der Waals surface area contributed by atoms with E-state index < -0.39 is 0 Å². The van der Waals surface area contributed by atoms with Crippen molar-refractivity contribution in [1.82, 2.24) is 19.7 Å². The fraction of sp³-hybridized carbons (Fsp3) is 0.105. The monoisotopic (exact) mass is 330 g/mol. The van der Waals surface area contributed by atoms with Crippen LogP contribution in [0.25, 0.3) is 16.7 Å². The van der Waals surface area contributed by atoms with E-state index in [0.717, 1.165) is 28.0 Å². The zero-order valence-electron chi connectivity index (χ0n) is 14.1. The van der Waals surface area contributed by atoms with E-state index in [2.05, 4.69) is 27.3 Å². The van der Waals surface area contributed by atoms with Gasteiger partial charge in [0.2, 0.25) is 0 Å². The van der Waals surface area contributed by atoms with Crippen molar-refractivity contribution in [2.75, 3.05) is 11.1 Å². The number of benzene rings is 2. The maximum absolute atomic E-state index is 6.15. The highest BCUT2D eigenvalue weighted by atomic mass is 15.3. The molecule has 2 aromatic carbocycles. The molecule has 2 heterocycles. The van der Waals surface area contributed by atoms with E-state index in [1.54, 1.807) is 10.9 Å². The summed E-state index contributed by atoms with van der Waals surface area (Å²) < 4.78 is 1.80. The molecule has 0 unspecified atom stereocenters. The first-order valence-corrected chi connectivity index (χ1v) is 8.01. The molecule has 0 atom stereocenters. The van der Waals surface area contributed by atoms with Crippen LogP contribution < -0.4 is 11.1 Å². The second kappa shape index (κ2) is 5.90. The second-order valence-corrected chi connectivity index (χ2v) is 6.00. The smallest absolute Gasteiger partial charge is 0.168 e. The van der Waals surface area contributed by atoms with Gasteiger partial charge < -0.3 is 11.1 Å².